The van der Waals surface area contributed by atoms with E-state index in [1.54, 1.807) is 10.5 Å². The minimum Gasteiger partial charge on any atom is -0.288 e. The summed E-state index contributed by atoms with van der Waals surface area (Å²) < 4.78 is 1.70. The number of thiazole rings is 1. The molecule has 1 aliphatic carbocycles. The van der Waals surface area contributed by atoms with Crippen LogP contribution in [0.4, 0.5) is 0 Å². The third kappa shape index (κ3) is 3.15. The second-order valence-corrected chi connectivity index (χ2v) is 8.60. The number of hydrogen-bond donors (Lipinski definition) is 0. The van der Waals surface area contributed by atoms with Crippen LogP contribution in [0.3, 0.4) is 0 Å². The summed E-state index contributed by atoms with van der Waals surface area (Å²) in [4.78, 5) is 20.6. The number of benzene rings is 2. The summed E-state index contributed by atoms with van der Waals surface area (Å²) >= 11 is 1.53. The highest BCUT2D eigenvalue weighted by atomic mass is 32.1. The van der Waals surface area contributed by atoms with Gasteiger partial charge in [0.15, 0.2) is 4.96 Å². The summed E-state index contributed by atoms with van der Waals surface area (Å²) in [5.74, 6) is 0. The van der Waals surface area contributed by atoms with E-state index in [0.29, 0.717) is 12.6 Å². The van der Waals surface area contributed by atoms with E-state index in [1.165, 1.54) is 40.5 Å². The van der Waals surface area contributed by atoms with Crippen molar-refractivity contribution in [3.05, 3.63) is 81.2 Å². The number of hydrogen-bond acceptors (Lipinski definition) is 4. The topological polar surface area (TPSA) is 37.6 Å². The van der Waals surface area contributed by atoms with Crippen molar-refractivity contribution in [2.75, 3.05) is 0 Å². The lowest BCUT2D eigenvalue weighted by molar-refractivity contribution is 0.188. The lowest BCUT2D eigenvalue weighted by Gasteiger charge is -2.29. The van der Waals surface area contributed by atoms with Crippen molar-refractivity contribution in [1.29, 1.82) is 0 Å². The van der Waals surface area contributed by atoms with Crippen LogP contribution in [0.15, 0.2) is 58.7 Å². The van der Waals surface area contributed by atoms with Crippen molar-refractivity contribution in [3.8, 4) is 0 Å². The van der Waals surface area contributed by atoms with Crippen molar-refractivity contribution >= 4 is 27.1 Å². The normalized spacial score (nSPS) is 15.5. The van der Waals surface area contributed by atoms with Gasteiger partial charge < -0.3 is 0 Å². The fraction of sp³-hybridized carbons (Fsp3) is 0.304. The van der Waals surface area contributed by atoms with Crippen LogP contribution in [0.2, 0.25) is 0 Å². The average Bonchev–Trinajstić information content (AvgIpc) is 3.48. The van der Waals surface area contributed by atoms with E-state index in [4.69, 9.17) is 4.98 Å². The number of nitrogens with zero attached hydrogens (tertiary/aromatic N) is 3. The zero-order valence-corrected chi connectivity index (χ0v) is 16.9. The predicted octanol–water partition coefficient (Wildman–Crippen LogP) is 4.94. The average molecular weight is 390 g/mol. The molecule has 0 spiro atoms. The molecule has 5 rings (SSSR count). The van der Waals surface area contributed by atoms with Crippen molar-refractivity contribution in [1.82, 2.24) is 14.3 Å². The van der Waals surface area contributed by atoms with Crippen LogP contribution >= 0.6 is 11.3 Å². The van der Waals surface area contributed by atoms with Gasteiger partial charge in [-0.15, -0.1) is 11.3 Å². The molecule has 2 aromatic carbocycles. The van der Waals surface area contributed by atoms with Crippen molar-refractivity contribution < 1.29 is 0 Å². The van der Waals surface area contributed by atoms with Crippen molar-refractivity contribution in [2.45, 2.75) is 45.3 Å². The van der Waals surface area contributed by atoms with Crippen LogP contribution in [0.1, 0.15) is 42.8 Å². The molecule has 4 nitrogen and oxygen atoms in total. The molecule has 5 heteroatoms. The Morgan fingerprint density at radius 2 is 1.96 bits per heavy atom. The summed E-state index contributed by atoms with van der Waals surface area (Å²) in [7, 11) is 0. The Kier molecular flexibility index (Phi) is 4.29. The SMILES string of the molecule is Cc1csc2nc(CN(C3CC3)C(C)c3ccc4ccccc4c3)cc(=O)n12. The van der Waals surface area contributed by atoms with Crippen LogP contribution in [0.25, 0.3) is 15.7 Å². The van der Waals surface area contributed by atoms with Crippen LogP contribution in [0, 0.1) is 6.92 Å². The monoisotopic (exact) mass is 389 g/mol. The maximum atomic E-state index is 12.5. The van der Waals surface area contributed by atoms with Gasteiger partial charge in [0.05, 0.1) is 5.69 Å². The van der Waals surface area contributed by atoms with Gasteiger partial charge in [0.2, 0.25) is 0 Å². The molecular weight excluding hydrogens is 366 g/mol. The first-order chi connectivity index (χ1) is 13.6. The molecule has 0 N–H and O–H groups in total. The highest BCUT2D eigenvalue weighted by Crippen LogP contribution is 2.36. The van der Waals surface area contributed by atoms with E-state index in [2.05, 4.69) is 54.3 Å². The third-order valence-corrected chi connectivity index (χ3v) is 6.69. The molecule has 4 aromatic rings. The lowest BCUT2D eigenvalue weighted by atomic mass is 10.0. The molecule has 142 valence electrons. The van der Waals surface area contributed by atoms with Crippen molar-refractivity contribution in [2.24, 2.45) is 0 Å². The second-order valence-electron chi connectivity index (χ2n) is 7.77. The Morgan fingerprint density at radius 3 is 2.75 bits per heavy atom. The maximum absolute atomic E-state index is 12.5. The van der Waals surface area contributed by atoms with Crippen LogP contribution in [-0.4, -0.2) is 20.3 Å². The Hall–Kier alpha value is -2.50. The molecular formula is C23H23N3OS. The molecule has 2 heterocycles. The first kappa shape index (κ1) is 17.6. The Morgan fingerprint density at radius 1 is 1.18 bits per heavy atom. The maximum Gasteiger partial charge on any atom is 0.259 e. The van der Waals surface area contributed by atoms with E-state index in [0.717, 1.165) is 16.3 Å². The molecule has 0 aliphatic heterocycles. The molecule has 28 heavy (non-hydrogen) atoms. The first-order valence-corrected chi connectivity index (χ1v) is 10.7. The van der Waals surface area contributed by atoms with E-state index in [-0.39, 0.29) is 11.6 Å². The molecule has 2 aromatic heterocycles. The van der Waals surface area contributed by atoms with Crippen LogP contribution in [-0.2, 0) is 6.54 Å². The number of aryl methyl sites for hydroxylation is 1. The van der Waals surface area contributed by atoms with Gasteiger partial charge in [-0.25, -0.2) is 4.98 Å². The molecule has 0 saturated heterocycles. The smallest absolute Gasteiger partial charge is 0.259 e. The molecule has 0 bridgehead atoms. The van der Waals surface area contributed by atoms with E-state index < -0.39 is 0 Å². The minimum atomic E-state index is 0.0212. The molecule has 1 unspecified atom stereocenters. The summed E-state index contributed by atoms with van der Waals surface area (Å²) in [6.45, 7) is 4.93. The van der Waals surface area contributed by atoms with Gasteiger partial charge in [-0.05, 0) is 49.1 Å². The zero-order chi connectivity index (χ0) is 19.3. The molecule has 1 fully saturated rings. The minimum absolute atomic E-state index is 0.0212. The van der Waals surface area contributed by atoms with Crippen molar-refractivity contribution in [3.63, 3.8) is 0 Å². The predicted molar refractivity (Wildman–Crippen MR) is 115 cm³/mol. The van der Waals surface area contributed by atoms with E-state index in [9.17, 15) is 4.79 Å². The fourth-order valence-corrected chi connectivity index (χ4v) is 4.91. The number of aromatic nitrogens is 2. The summed E-state index contributed by atoms with van der Waals surface area (Å²) in [5.41, 5.74) is 3.15. The van der Waals surface area contributed by atoms with Gasteiger partial charge in [0, 0.05) is 35.8 Å². The quantitative estimate of drug-likeness (QED) is 0.485. The first-order valence-electron chi connectivity index (χ1n) is 9.81. The molecule has 1 saturated carbocycles. The summed E-state index contributed by atoms with van der Waals surface area (Å²) in [5, 5.41) is 4.53. The van der Waals surface area contributed by atoms with E-state index >= 15 is 0 Å². The van der Waals surface area contributed by atoms with Gasteiger partial charge in [-0.1, -0.05) is 36.4 Å². The molecule has 0 radical (unpaired) electrons. The van der Waals surface area contributed by atoms with Gasteiger partial charge >= 0.3 is 0 Å². The summed E-state index contributed by atoms with van der Waals surface area (Å²) in [6, 6.07) is 17.8. The highest BCUT2D eigenvalue weighted by Gasteiger charge is 2.33. The standard InChI is InChI=1S/C23H23N3OS/c1-15-14-28-23-24-20(12-22(27)26(15)23)13-25(21-9-10-21)16(2)18-8-7-17-5-3-4-6-19(17)11-18/h3-8,11-12,14,16,21H,9-10,13H2,1-2H3. The van der Waals surface area contributed by atoms with Gasteiger partial charge in [0.25, 0.3) is 5.56 Å². The van der Waals surface area contributed by atoms with Gasteiger partial charge in [-0.3, -0.25) is 14.1 Å². The number of rotatable bonds is 5. The Bertz CT molecular complexity index is 1220. The Labute approximate surface area is 168 Å². The number of fused-ring (bicyclic) bond motifs is 2. The van der Waals surface area contributed by atoms with Gasteiger partial charge in [-0.2, -0.15) is 0 Å². The highest BCUT2D eigenvalue weighted by molar-refractivity contribution is 7.15. The second kappa shape index (κ2) is 6.83. The largest absolute Gasteiger partial charge is 0.288 e. The Balaban J connectivity index is 1.48. The van der Waals surface area contributed by atoms with Crippen LogP contribution < -0.4 is 5.56 Å². The summed E-state index contributed by atoms with van der Waals surface area (Å²) in [6.07, 6.45) is 2.44. The van der Waals surface area contributed by atoms with Gasteiger partial charge in [0.1, 0.15) is 0 Å². The fourth-order valence-electron chi connectivity index (χ4n) is 4.02. The zero-order valence-electron chi connectivity index (χ0n) is 16.1. The third-order valence-electron chi connectivity index (χ3n) is 5.74. The lowest BCUT2D eigenvalue weighted by Crippen LogP contribution is -2.30. The molecule has 1 atom stereocenters. The molecule has 0 amide bonds. The van der Waals surface area contributed by atoms with E-state index in [1.807, 2.05) is 12.3 Å². The molecule has 1 aliphatic rings. The van der Waals surface area contributed by atoms with Crippen LogP contribution in [0.5, 0.6) is 0 Å².